The summed E-state index contributed by atoms with van der Waals surface area (Å²) >= 11 is 6.80. The second-order valence-corrected chi connectivity index (χ2v) is 4.97. The molecule has 0 spiro atoms. The Bertz CT molecular complexity index is 704. The number of amides is 2. The van der Waals surface area contributed by atoms with Crippen LogP contribution in [0.1, 0.15) is 0 Å². The quantitative estimate of drug-likeness (QED) is 0.510. The Morgan fingerprint density at radius 2 is 2.00 bits per heavy atom. The van der Waals surface area contributed by atoms with E-state index in [9.17, 15) is 19.7 Å². The highest BCUT2D eigenvalue weighted by Gasteiger charge is 2.18. The Morgan fingerprint density at radius 1 is 1.29 bits per heavy atom. The van der Waals surface area contributed by atoms with E-state index in [0.29, 0.717) is 0 Å². The van der Waals surface area contributed by atoms with Crippen molar-refractivity contribution in [3.63, 3.8) is 0 Å². The molecular formula is C11H7ClN4O4S. The average Bonchev–Trinajstić information content (AvgIpc) is 2.93. The third-order valence-electron chi connectivity index (χ3n) is 2.26. The first-order chi connectivity index (χ1) is 9.97. The maximum Gasteiger partial charge on any atom is 0.315 e. The number of nitrogens with one attached hydrogen (secondary N) is 2. The predicted octanol–water partition coefficient (Wildman–Crippen LogP) is 2.28. The highest BCUT2D eigenvalue weighted by atomic mass is 35.5. The molecule has 1 aromatic carbocycles. The summed E-state index contributed by atoms with van der Waals surface area (Å²) in [5, 5.41) is 17.1. The van der Waals surface area contributed by atoms with Crippen LogP contribution in [-0.2, 0) is 9.59 Å². The number of aromatic nitrogens is 1. The Kier molecular flexibility index (Phi) is 4.45. The van der Waals surface area contributed by atoms with Crippen molar-refractivity contribution in [2.24, 2.45) is 0 Å². The van der Waals surface area contributed by atoms with E-state index in [-0.39, 0.29) is 21.5 Å². The Labute approximate surface area is 126 Å². The zero-order valence-corrected chi connectivity index (χ0v) is 11.8. The number of hydrogen-bond acceptors (Lipinski definition) is 6. The van der Waals surface area contributed by atoms with Gasteiger partial charge in [-0.2, -0.15) is 0 Å². The number of carbonyl (C=O) groups is 2. The molecule has 1 aromatic heterocycles. The van der Waals surface area contributed by atoms with E-state index in [4.69, 9.17) is 11.6 Å². The maximum atomic E-state index is 11.7. The van der Waals surface area contributed by atoms with Gasteiger partial charge in [-0.05, 0) is 12.1 Å². The van der Waals surface area contributed by atoms with Crippen molar-refractivity contribution in [3.8, 4) is 0 Å². The van der Waals surface area contributed by atoms with Gasteiger partial charge in [0.1, 0.15) is 5.02 Å². The van der Waals surface area contributed by atoms with E-state index in [1.165, 1.54) is 18.3 Å². The zero-order valence-electron chi connectivity index (χ0n) is 10.2. The van der Waals surface area contributed by atoms with Gasteiger partial charge in [-0.25, -0.2) is 4.98 Å². The molecule has 0 radical (unpaired) electrons. The van der Waals surface area contributed by atoms with E-state index < -0.39 is 16.7 Å². The van der Waals surface area contributed by atoms with Crippen molar-refractivity contribution >= 4 is 51.3 Å². The first-order valence-corrected chi connectivity index (χ1v) is 6.69. The van der Waals surface area contributed by atoms with Gasteiger partial charge in [0.2, 0.25) is 0 Å². The van der Waals surface area contributed by atoms with Crippen LogP contribution in [0.15, 0.2) is 29.8 Å². The summed E-state index contributed by atoms with van der Waals surface area (Å²) in [7, 11) is 0. The van der Waals surface area contributed by atoms with Gasteiger partial charge in [-0.3, -0.25) is 25.0 Å². The molecule has 0 bridgehead atoms. The molecule has 1 heterocycles. The van der Waals surface area contributed by atoms with Crippen LogP contribution in [-0.4, -0.2) is 21.7 Å². The highest BCUT2D eigenvalue weighted by molar-refractivity contribution is 7.13. The van der Waals surface area contributed by atoms with Gasteiger partial charge in [-0.15, -0.1) is 11.3 Å². The molecule has 0 aliphatic rings. The minimum atomic E-state index is -0.971. The Hall–Kier alpha value is -2.52. The fraction of sp³-hybridized carbons (Fsp3) is 0. The monoisotopic (exact) mass is 326 g/mol. The van der Waals surface area contributed by atoms with E-state index >= 15 is 0 Å². The molecule has 2 rings (SSSR count). The van der Waals surface area contributed by atoms with Crippen molar-refractivity contribution in [1.82, 2.24) is 4.98 Å². The third kappa shape index (κ3) is 3.74. The van der Waals surface area contributed by atoms with Crippen LogP contribution >= 0.6 is 22.9 Å². The number of rotatable bonds is 3. The van der Waals surface area contributed by atoms with Crippen LogP contribution in [0.2, 0.25) is 5.02 Å². The molecular weight excluding hydrogens is 320 g/mol. The van der Waals surface area contributed by atoms with Gasteiger partial charge in [0, 0.05) is 23.3 Å². The number of nitrogens with zero attached hydrogens (tertiary/aromatic N) is 2. The van der Waals surface area contributed by atoms with Crippen LogP contribution in [0.25, 0.3) is 0 Å². The number of nitro benzene ring substituents is 1. The summed E-state index contributed by atoms with van der Waals surface area (Å²) < 4.78 is 0. The van der Waals surface area contributed by atoms with Gasteiger partial charge in [0.25, 0.3) is 5.69 Å². The molecule has 2 N–H and O–H groups in total. The van der Waals surface area contributed by atoms with Crippen LogP contribution < -0.4 is 10.6 Å². The van der Waals surface area contributed by atoms with E-state index in [1.807, 2.05) is 0 Å². The lowest BCUT2D eigenvalue weighted by atomic mass is 10.2. The molecule has 0 unspecified atom stereocenters. The number of halogens is 1. The van der Waals surface area contributed by atoms with Crippen molar-refractivity contribution in [2.45, 2.75) is 0 Å². The van der Waals surface area contributed by atoms with E-state index in [2.05, 4.69) is 15.6 Å². The first kappa shape index (κ1) is 14.9. The Morgan fingerprint density at radius 3 is 2.62 bits per heavy atom. The fourth-order valence-corrected chi connectivity index (χ4v) is 2.07. The topological polar surface area (TPSA) is 114 Å². The number of anilines is 2. The number of carbonyl (C=O) groups excluding carboxylic acids is 2. The molecule has 21 heavy (non-hydrogen) atoms. The zero-order chi connectivity index (χ0) is 15.4. The number of benzene rings is 1. The summed E-state index contributed by atoms with van der Waals surface area (Å²) in [5.41, 5.74) is -0.278. The number of hydrogen-bond donors (Lipinski definition) is 2. The standard InChI is InChI=1S/C11H7ClN4O4S/c12-7-2-1-6(5-8(7)16(19)20)14-9(17)10(18)15-11-13-3-4-21-11/h1-5H,(H,14,17)(H,13,15,18). The SMILES string of the molecule is O=C(Nc1ccc(Cl)c([N+](=O)[O-])c1)C(=O)Nc1nccs1. The van der Waals surface area contributed by atoms with Gasteiger partial charge < -0.3 is 5.32 Å². The molecule has 8 nitrogen and oxygen atoms in total. The van der Waals surface area contributed by atoms with Crippen molar-refractivity contribution in [3.05, 3.63) is 44.9 Å². The van der Waals surface area contributed by atoms with Crippen LogP contribution in [0, 0.1) is 10.1 Å². The molecule has 0 aliphatic heterocycles. The number of thiazole rings is 1. The minimum Gasteiger partial charge on any atom is -0.318 e. The molecule has 2 amide bonds. The van der Waals surface area contributed by atoms with Crippen molar-refractivity contribution < 1.29 is 14.5 Å². The molecule has 2 aromatic rings. The first-order valence-electron chi connectivity index (χ1n) is 5.43. The average molecular weight is 327 g/mol. The van der Waals surface area contributed by atoms with E-state index in [1.54, 1.807) is 5.38 Å². The number of nitro groups is 1. The van der Waals surface area contributed by atoms with Crippen LogP contribution in [0.3, 0.4) is 0 Å². The molecule has 0 saturated heterocycles. The smallest absolute Gasteiger partial charge is 0.315 e. The largest absolute Gasteiger partial charge is 0.318 e. The summed E-state index contributed by atoms with van der Waals surface area (Å²) in [6.07, 6.45) is 1.47. The van der Waals surface area contributed by atoms with Gasteiger partial charge in [-0.1, -0.05) is 11.6 Å². The lowest BCUT2D eigenvalue weighted by Gasteiger charge is -2.05. The van der Waals surface area contributed by atoms with Crippen LogP contribution in [0.4, 0.5) is 16.5 Å². The van der Waals surface area contributed by atoms with Crippen molar-refractivity contribution in [2.75, 3.05) is 10.6 Å². The molecule has 0 atom stereocenters. The molecule has 0 saturated carbocycles. The lowest BCUT2D eigenvalue weighted by Crippen LogP contribution is -2.29. The predicted molar refractivity (Wildman–Crippen MR) is 77.5 cm³/mol. The Balaban J connectivity index is 2.07. The van der Waals surface area contributed by atoms with Crippen molar-refractivity contribution in [1.29, 1.82) is 0 Å². The van der Waals surface area contributed by atoms with Crippen LogP contribution in [0.5, 0.6) is 0 Å². The molecule has 0 aliphatic carbocycles. The second-order valence-electron chi connectivity index (χ2n) is 3.67. The van der Waals surface area contributed by atoms with Gasteiger partial charge in [0.15, 0.2) is 5.13 Å². The normalized spacial score (nSPS) is 9.95. The molecule has 0 fully saturated rings. The molecule has 108 valence electrons. The maximum absolute atomic E-state index is 11.7. The summed E-state index contributed by atoms with van der Waals surface area (Å²) in [6, 6.07) is 3.68. The summed E-state index contributed by atoms with van der Waals surface area (Å²) in [5.74, 6) is -1.90. The third-order valence-corrected chi connectivity index (χ3v) is 3.27. The second kappa shape index (κ2) is 6.29. The van der Waals surface area contributed by atoms with Gasteiger partial charge >= 0.3 is 11.8 Å². The summed E-state index contributed by atoms with van der Waals surface area (Å²) in [6.45, 7) is 0. The lowest BCUT2D eigenvalue weighted by molar-refractivity contribution is -0.384. The van der Waals surface area contributed by atoms with E-state index in [0.717, 1.165) is 17.4 Å². The fourth-order valence-electron chi connectivity index (χ4n) is 1.36. The van der Waals surface area contributed by atoms with Gasteiger partial charge in [0.05, 0.1) is 4.92 Å². The highest BCUT2D eigenvalue weighted by Crippen LogP contribution is 2.27. The summed E-state index contributed by atoms with van der Waals surface area (Å²) in [4.78, 5) is 37.1. The molecule has 10 heteroatoms. The minimum absolute atomic E-state index is 0.0646.